The van der Waals surface area contributed by atoms with E-state index in [4.69, 9.17) is 19.4 Å². The minimum Gasteiger partial charge on any atom is -0.496 e. The molecule has 1 saturated carbocycles. The Balaban J connectivity index is 1.28. The molecule has 0 unspecified atom stereocenters. The number of nitrogens with zero attached hydrogens (tertiary/aromatic N) is 4. The van der Waals surface area contributed by atoms with Crippen LogP contribution in [0.3, 0.4) is 0 Å². The van der Waals surface area contributed by atoms with Gasteiger partial charge in [0, 0.05) is 54.5 Å². The molecule has 3 N–H and O–H groups in total. The van der Waals surface area contributed by atoms with Gasteiger partial charge in [0.2, 0.25) is 11.8 Å². The third-order valence-electron chi connectivity index (χ3n) is 12.0. The zero-order valence-corrected chi connectivity index (χ0v) is 37.8. The summed E-state index contributed by atoms with van der Waals surface area (Å²) in [4.78, 5) is 54.4. The lowest BCUT2D eigenvalue weighted by Crippen LogP contribution is -2.58. The van der Waals surface area contributed by atoms with E-state index in [0.717, 1.165) is 21.6 Å². The summed E-state index contributed by atoms with van der Waals surface area (Å²) < 4.78 is 96.7. The fourth-order valence-electron chi connectivity index (χ4n) is 8.15. The van der Waals surface area contributed by atoms with Gasteiger partial charge in [-0.25, -0.2) is 19.1 Å². The normalized spacial score (nSPS) is 23.8. The Bertz CT molecular complexity index is 2590. The monoisotopic (exact) mass is 929 g/mol. The first kappa shape index (κ1) is 46.6. The molecule has 0 spiro atoms. The van der Waals surface area contributed by atoms with Gasteiger partial charge in [0.15, 0.2) is 0 Å². The highest BCUT2D eigenvalue weighted by molar-refractivity contribution is 7.87. The van der Waals surface area contributed by atoms with Gasteiger partial charge >= 0.3 is 16.4 Å². The van der Waals surface area contributed by atoms with Crippen LogP contribution in [0, 0.1) is 18.7 Å². The topological polar surface area (TPSA) is 172 Å². The van der Waals surface area contributed by atoms with Crippen LogP contribution in [0.5, 0.6) is 11.5 Å². The number of halogens is 4. The van der Waals surface area contributed by atoms with Crippen LogP contribution < -0.4 is 24.8 Å². The summed E-state index contributed by atoms with van der Waals surface area (Å²) in [5.74, 6) is -3.24. The van der Waals surface area contributed by atoms with Crippen LogP contribution in [0.1, 0.15) is 81.5 Å². The average Bonchev–Trinajstić information content (AvgIpc) is 3.51. The molecule has 2 aromatic heterocycles. The Morgan fingerprint density at radius 1 is 1.08 bits per heavy atom. The molecule has 3 aliphatic rings. The largest absolute Gasteiger partial charge is 0.496 e. The molecule has 344 valence electrons. The number of rotatable bonds is 10. The van der Waals surface area contributed by atoms with Gasteiger partial charge in [0.05, 0.1) is 30.4 Å². The Labute approximate surface area is 373 Å². The van der Waals surface area contributed by atoms with Crippen molar-refractivity contribution in [3.8, 4) is 22.2 Å². The number of alkyl halides is 3. The molecular weight excluding hydrogens is 879 g/mol. The van der Waals surface area contributed by atoms with Gasteiger partial charge < -0.3 is 25.0 Å². The molecule has 3 amide bonds. The number of aromatic nitrogens is 2. The molecule has 20 heteroatoms. The lowest BCUT2D eigenvalue weighted by Gasteiger charge is -2.30. The van der Waals surface area contributed by atoms with Crippen LogP contribution >= 0.6 is 11.3 Å². The third-order valence-corrected chi connectivity index (χ3v) is 14.2. The van der Waals surface area contributed by atoms with Crippen molar-refractivity contribution in [2.24, 2.45) is 5.92 Å². The smallest absolute Gasteiger partial charge is 0.419 e. The lowest BCUT2D eigenvalue weighted by atomic mass is 10.0. The average molecular weight is 930 g/mol. The van der Waals surface area contributed by atoms with Crippen molar-refractivity contribution in [3.63, 3.8) is 0 Å². The number of thiazole rings is 1. The van der Waals surface area contributed by atoms with Crippen molar-refractivity contribution < 1.29 is 49.8 Å². The van der Waals surface area contributed by atoms with E-state index in [0.29, 0.717) is 70.9 Å². The molecule has 2 fully saturated rings. The van der Waals surface area contributed by atoms with Crippen molar-refractivity contribution in [1.82, 2.24) is 29.2 Å². The van der Waals surface area contributed by atoms with Gasteiger partial charge in [-0.3, -0.25) is 14.4 Å². The number of benzene rings is 2. The summed E-state index contributed by atoms with van der Waals surface area (Å²) >= 11 is 1.42. The highest BCUT2D eigenvalue weighted by Crippen LogP contribution is 2.46. The number of nitrogens with one attached hydrogen (secondary N) is 3. The molecule has 64 heavy (non-hydrogen) atoms. The molecule has 1 saturated heterocycles. The number of allylic oxidation sites excluding steroid dienone is 1. The second-order valence-electron chi connectivity index (χ2n) is 17.0. The van der Waals surface area contributed by atoms with Crippen molar-refractivity contribution in [1.29, 1.82) is 0 Å². The number of hydrogen-bond acceptors (Lipinski definition) is 11. The molecule has 14 nitrogen and oxygen atoms in total. The number of fused-ring (bicyclic) bond motifs is 3. The van der Waals surface area contributed by atoms with Crippen LogP contribution in [0.4, 0.5) is 23.2 Å². The number of amides is 3. The first-order chi connectivity index (χ1) is 30.2. The number of methoxy groups -OCH3 is 1. The predicted molar refractivity (Wildman–Crippen MR) is 234 cm³/mol. The highest BCUT2D eigenvalue weighted by atomic mass is 32.2. The summed E-state index contributed by atoms with van der Waals surface area (Å²) in [6, 6.07) is 5.27. The number of anilines is 1. The molecule has 1 aliphatic carbocycles. The van der Waals surface area contributed by atoms with E-state index in [1.165, 1.54) is 30.3 Å². The number of carbonyl (C=O) groups excluding carboxylic acids is 3. The zero-order valence-electron chi connectivity index (χ0n) is 36.2. The fourth-order valence-corrected chi connectivity index (χ4v) is 9.69. The Hall–Kier alpha value is -5.34. The van der Waals surface area contributed by atoms with Crippen LogP contribution in [0.25, 0.3) is 21.6 Å². The van der Waals surface area contributed by atoms with E-state index in [2.05, 4.69) is 15.4 Å². The number of hydrogen-bond donors (Lipinski definition) is 3. The molecule has 0 radical (unpaired) electrons. The molecule has 0 bridgehead atoms. The van der Waals surface area contributed by atoms with E-state index < -0.39 is 75.1 Å². The standard InChI is InChI=1S/C44H51F4N7O7S2/c1-24(2)34-23-63-40(51-34)33-20-37(29-15-17-36(61-6)25(3)38(29)50-33)62-28-19-35-39(56)52-43(42(58)53-64(59,60)54(4)5)21-26(43)12-10-8-7-9-11-13-32(41(57)55(35)22-28)49-27-14-16-31(45)30(18-27)44(46,47)48/h10,12,14-18,20,23-24,26,28,32,35,49H,7-9,11,13,19,21-22H2,1-6H3,(H,52,56)(H,53,58)/b12-10-/t26-,28+,32-,35-,43+/m0/s1. The van der Waals surface area contributed by atoms with E-state index in [-0.39, 0.29) is 37.4 Å². The van der Waals surface area contributed by atoms with Crippen molar-refractivity contribution in [2.45, 2.75) is 102 Å². The molecular formula is C44H51F4N7O7S2. The maximum Gasteiger partial charge on any atom is 0.419 e. The molecule has 2 aliphatic heterocycles. The predicted octanol–water partition coefficient (Wildman–Crippen LogP) is 7.10. The third kappa shape index (κ3) is 9.68. The minimum absolute atomic E-state index is 0.0870. The number of ether oxygens (including phenoxy) is 2. The maximum atomic E-state index is 14.9. The van der Waals surface area contributed by atoms with Crippen LogP contribution in [-0.4, -0.2) is 96.8 Å². The quantitative estimate of drug-likeness (QED) is 0.110. The Morgan fingerprint density at radius 2 is 1.84 bits per heavy atom. The lowest BCUT2D eigenvalue weighted by molar-refractivity contribution is -0.140. The number of pyridine rings is 1. The van der Waals surface area contributed by atoms with Crippen LogP contribution in [0.2, 0.25) is 0 Å². The van der Waals surface area contributed by atoms with Gasteiger partial charge in [-0.15, -0.1) is 11.3 Å². The van der Waals surface area contributed by atoms with E-state index in [1.54, 1.807) is 31.4 Å². The van der Waals surface area contributed by atoms with Gasteiger partial charge in [-0.1, -0.05) is 38.8 Å². The summed E-state index contributed by atoms with van der Waals surface area (Å²) in [7, 11) is -0.207. The van der Waals surface area contributed by atoms with Gasteiger partial charge in [-0.2, -0.15) is 25.9 Å². The number of aryl methyl sites for hydroxylation is 1. The molecule has 5 atom stereocenters. The van der Waals surface area contributed by atoms with Crippen molar-refractivity contribution >= 4 is 55.9 Å². The SMILES string of the molecule is COc1ccc2c(O[C@@H]3C[C@H]4C(=O)N[C@]5(C(=O)NS(=O)(=O)N(C)C)C[C@@H]5/C=C\CCCCC[C@H](Nc5ccc(F)c(C(F)(F)F)c5)C(=O)N4C3)cc(-c3nc(C(C)C)cs3)nc2c1C. The molecule has 7 rings (SSSR count). The van der Waals surface area contributed by atoms with Crippen molar-refractivity contribution in [2.75, 3.05) is 33.1 Å². The first-order valence-electron chi connectivity index (χ1n) is 21.0. The van der Waals surface area contributed by atoms with Gasteiger partial charge in [0.25, 0.3) is 5.91 Å². The highest BCUT2D eigenvalue weighted by Gasteiger charge is 2.62. The van der Waals surface area contributed by atoms with Crippen LogP contribution in [0.15, 0.2) is 53.9 Å². The molecule has 4 heterocycles. The van der Waals surface area contributed by atoms with E-state index >= 15 is 0 Å². The van der Waals surface area contributed by atoms with Gasteiger partial charge in [0.1, 0.15) is 51.7 Å². The summed E-state index contributed by atoms with van der Waals surface area (Å²) in [5, 5.41) is 8.93. The van der Waals surface area contributed by atoms with Gasteiger partial charge in [-0.05, 0) is 68.9 Å². The molecule has 4 aromatic rings. The summed E-state index contributed by atoms with van der Waals surface area (Å²) in [6.07, 6.45) is 0.260. The summed E-state index contributed by atoms with van der Waals surface area (Å²) in [6.45, 7) is 5.77. The second kappa shape index (κ2) is 18.3. The van der Waals surface area contributed by atoms with E-state index in [1.807, 2.05) is 32.2 Å². The fraction of sp³-hybridized carbons (Fsp3) is 0.477. The molecule has 2 aromatic carbocycles. The number of carbonyl (C=O) groups is 3. The Morgan fingerprint density at radius 3 is 2.53 bits per heavy atom. The summed E-state index contributed by atoms with van der Waals surface area (Å²) in [5.41, 5.74) is -0.609. The van der Waals surface area contributed by atoms with E-state index in [9.17, 15) is 40.4 Å². The first-order valence-corrected chi connectivity index (χ1v) is 23.3. The maximum absolute atomic E-state index is 14.9. The Kier molecular flexibility index (Phi) is 13.3. The minimum atomic E-state index is -5.00. The second-order valence-corrected chi connectivity index (χ2v) is 19.7. The van der Waals surface area contributed by atoms with Crippen LogP contribution in [-0.2, 0) is 30.8 Å². The van der Waals surface area contributed by atoms with Crippen molar-refractivity contribution in [3.05, 3.63) is 76.6 Å². The zero-order chi connectivity index (χ0) is 46.3.